The van der Waals surface area contributed by atoms with Gasteiger partial charge in [-0.2, -0.15) is 5.26 Å². The molecule has 2 aromatic carbocycles. The largest absolute Gasteiger partial charge is 0.310 e. The molecule has 28 heavy (non-hydrogen) atoms. The molecule has 3 fully saturated rings. The molecule has 0 amide bonds. The Balaban J connectivity index is 1.46. The third-order valence-electron chi connectivity index (χ3n) is 6.74. The molecule has 0 bridgehead atoms. The van der Waals surface area contributed by atoms with Crippen molar-refractivity contribution in [3.63, 3.8) is 0 Å². The maximum absolute atomic E-state index is 14.2. The maximum atomic E-state index is 14.2. The van der Waals surface area contributed by atoms with Gasteiger partial charge in [-0.1, -0.05) is 24.3 Å². The smallest absolute Gasteiger partial charge is 0.141 e. The zero-order valence-corrected chi connectivity index (χ0v) is 16.2. The highest BCUT2D eigenvalue weighted by Gasteiger charge is 2.40. The maximum Gasteiger partial charge on any atom is 0.141 e. The Morgan fingerprint density at radius 3 is 2.82 bits per heavy atom. The zero-order valence-electron chi connectivity index (χ0n) is 16.2. The summed E-state index contributed by atoms with van der Waals surface area (Å²) in [4.78, 5) is 2.59. The monoisotopic (exact) mass is 375 g/mol. The van der Waals surface area contributed by atoms with Crippen LogP contribution in [-0.4, -0.2) is 30.1 Å². The molecule has 2 saturated heterocycles. The van der Waals surface area contributed by atoms with Crippen LogP contribution in [0.15, 0.2) is 36.4 Å². The number of hydrogen-bond donors (Lipinski definition) is 1. The minimum atomic E-state index is -0.430. The Kier molecular flexibility index (Phi) is 4.45. The first-order valence-electron chi connectivity index (χ1n) is 10.5. The average Bonchev–Trinajstić information content (AvgIpc) is 3.32. The topological polar surface area (TPSA) is 39.1 Å². The van der Waals surface area contributed by atoms with Crippen molar-refractivity contribution in [1.29, 1.82) is 5.26 Å². The van der Waals surface area contributed by atoms with Gasteiger partial charge in [0.1, 0.15) is 11.9 Å². The molecule has 1 saturated carbocycles. The molecule has 3 aliphatic rings. The van der Waals surface area contributed by atoms with Gasteiger partial charge in [-0.3, -0.25) is 4.90 Å². The van der Waals surface area contributed by atoms with E-state index in [-0.39, 0.29) is 5.56 Å². The lowest BCUT2D eigenvalue weighted by Gasteiger charge is -2.25. The van der Waals surface area contributed by atoms with E-state index in [9.17, 15) is 4.39 Å². The predicted octanol–water partition coefficient (Wildman–Crippen LogP) is 4.57. The molecule has 3 nitrogen and oxygen atoms in total. The van der Waals surface area contributed by atoms with Crippen LogP contribution in [0, 0.1) is 17.1 Å². The van der Waals surface area contributed by atoms with E-state index in [1.807, 2.05) is 12.1 Å². The zero-order chi connectivity index (χ0) is 19.1. The number of halogens is 1. The number of rotatable bonds is 4. The summed E-state index contributed by atoms with van der Waals surface area (Å²) in [5.74, 6) is 0.159. The van der Waals surface area contributed by atoms with Crippen molar-refractivity contribution in [1.82, 2.24) is 10.2 Å². The first-order valence-corrected chi connectivity index (χ1v) is 10.5. The van der Waals surface area contributed by atoms with Gasteiger partial charge in [-0.05, 0) is 79.0 Å². The van der Waals surface area contributed by atoms with E-state index in [1.165, 1.54) is 49.3 Å². The molecule has 1 N–H and O–H groups in total. The summed E-state index contributed by atoms with van der Waals surface area (Å²) in [6, 6.07) is 13.4. The Bertz CT molecular complexity index is 935. The van der Waals surface area contributed by atoms with Crippen LogP contribution in [-0.2, 0) is 6.54 Å². The normalized spacial score (nSPS) is 24.7. The molecular weight excluding hydrogens is 349 g/mol. The molecule has 1 spiro atoms. The first kappa shape index (κ1) is 17.8. The molecule has 5 rings (SSSR count). The molecule has 0 radical (unpaired) electrons. The van der Waals surface area contributed by atoms with Crippen LogP contribution in [0.2, 0.25) is 0 Å². The minimum absolute atomic E-state index is 0.110. The molecule has 0 aromatic heterocycles. The van der Waals surface area contributed by atoms with Crippen molar-refractivity contribution < 1.29 is 4.39 Å². The standard InChI is InChI=1S/C24H26FN3/c25-22-13-18(7-8-19(22)14-26)21-4-1-3-20(23(21)17-5-6-17)15-28-12-10-24(16-28)9-2-11-27-24/h1,3-4,7-8,13,17,27H,2,5-6,9-12,15-16H2. The summed E-state index contributed by atoms with van der Waals surface area (Å²) in [5, 5.41) is 12.8. The Morgan fingerprint density at radius 2 is 2.11 bits per heavy atom. The van der Waals surface area contributed by atoms with Crippen LogP contribution in [0.5, 0.6) is 0 Å². The van der Waals surface area contributed by atoms with Crippen molar-refractivity contribution in [2.75, 3.05) is 19.6 Å². The second-order valence-corrected chi connectivity index (χ2v) is 8.73. The first-order chi connectivity index (χ1) is 13.7. The quantitative estimate of drug-likeness (QED) is 0.851. The molecular formula is C24H26FN3. The van der Waals surface area contributed by atoms with Gasteiger partial charge in [0.05, 0.1) is 5.56 Å². The Hall–Kier alpha value is -2.22. The number of nitrogens with zero attached hydrogens (tertiary/aromatic N) is 2. The van der Waals surface area contributed by atoms with Crippen molar-refractivity contribution in [2.24, 2.45) is 0 Å². The summed E-state index contributed by atoms with van der Waals surface area (Å²) >= 11 is 0. The van der Waals surface area contributed by atoms with Crippen molar-refractivity contribution >= 4 is 0 Å². The third kappa shape index (κ3) is 3.23. The molecule has 1 unspecified atom stereocenters. The van der Waals surface area contributed by atoms with Gasteiger partial charge >= 0.3 is 0 Å². The van der Waals surface area contributed by atoms with Crippen LogP contribution in [0.4, 0.5) is 4.39 Å². The molecule has 144 valence electrons. The van der Waals surface area contributed by atoms with Crippen LogP contribution < -0.4 is 5.32 Å². The van der Waals surface area contributed by atoms with E-state index < -0.39 is 5.82 Å². The number of hydrogen-bond acceptors (Lipinski definition) is 3. The van der Waals surface area contributed by atoms with E-state index in [2.05, 4.69) is 28.4 Å². The summed E-state index contributed by atoms with van der Waals surface area (Å²) in [6.45, 7) is 4.41. The van der Waals surface area contributed by atoms with Gasteiger partial charge in [-0.15, -0.1) is 0 Å². The van der Waals surface area contributed by atoms with Gasteiger partial charge in [0.25, 0.3) is 0 Å². The SMILES string of the molecule is N#Cc1ccc(-c2cccc(CN3CCC4(CCCN4)C3)c2C2CC2)cc1F. The van der Waals surface area contributed by atoms with Crippen LogP contribution in [0.1, 0.15) is 54.7 Å². The van der Waals surface area contributed by atoms with E-state index in [0.29, 0.717) is 11.5 Å². The lowest BCUT2D eigenvalue weighted by atomic mass is 9.91. The highest BCUT2D eigenvalue weighted by molar-refractivity contribution is 5.71. The van der Waals surface area contributed by atoms with Gasteiger partial charge in [0, 0.05) is 25.2 Å². The Morgan fingerprint density at radius 1 is 1.21 bits per heavy atom. The fraction of sp³-hybridized carbons (Fsp3) is 0.458. The minimum Gasteiger partial charge on any atom is -0.310 e. The lowest BCUT2D eigenvalue weighted by Crippen LogP contribution is -2.42. The number of likely N-dealkylation sites (tertiary alicyclic amines) is 1. The predicted molar refractivity (Wildman–Crippen MR) is 108 cm³/mol. The van der Waals surface area contributed by atoms with Crippen LogP contribution in [0.25, 0.3) is 11.1 Å². The van der Waals surface area contributed by atoms with Crippen LogP contribution in [0.3, 0.4) is 0 Å². The summed E-state index contributed by atoms with van der Waals surface area (Å²) in [7, 11) is 0. The van der Waals surface area contributed by atoms with E-state index >= 15 is 0 Å². The highest BCUT2D eigenvalue weighted by Crippen LogP contribution is 2.47. The second kappa shape index (κ2) is 6.99. The second-order valence-electron chi connectivity index (χ2n) is 8.73. The number of nitrogens with one attached hydrogen (secondary N) is 1. The van der Waals surface area contributed by atoms with Crippen LogP contribution >= 0.6 is 0 Å². The van der Waals surface area contributed by atoms with Gasteiger partial charge in [-0.25, -0.2) is 4.39 Å². The molecule has 1 atom stereocenters. The van der Waals surface area contributed by atoms with Gasteiger partial charge < -0.3 is 5.32 Å². The third-order valence-corrected chi connectivity index (χ3v) is 6.74. The molecule has 2 aromatic rings. The fourth-order valence-corrected chi connectivity index (χ4v) is 5.18. The molecule has 4 heteroatoms. The van der Waals surface area contributed by atoms with Crippen molar-refractivity contribution in [2.45, 2.75) is 50.1 Å². The summed E-state index contributed by atoms with van der Waals surface area (Å²) in [5.41, 5.74) is 5.26. The van der Waals surface area contributed by atoms with Gasteiger partial charge in [0.15, 0.2) is 0 Å². The molecule has 2 aliphatic heterocycles. The molecule has 2 heterocycles. The van der Waals surface area contributed by atoms with E-state index in [0.717, 1.165) is 37.3 Å². The fourth-order valence-electron chi connectivity index (χ4n) is 5.18. The van der Waals surface area contributed by atoms with Crippen molar-refractivity contribution in [3.8, 4) is 17.2 Å². The molecule has 1 aliphatic carbocycles. The van der Waals surface area contributed by atoms with Gasteiger partial charge in [0.2, 0.25) is 0 Å². The average molecular weight is 375 g/mol. The highest BCUT2D eigenvalue weighted by atomic mass is 19.1. The summed E-state index contributed by atoms with van der Waals surface area (Å²) < 4.78 is 14.2. The number of benzene rings is 2. The van der Waals surface area contributed by atoms with Crippen molar-refractivity contribution in [3.05, 3.63) is 58.9 Å². The van der Waals surface area contributed by atoms with E-state index in [1.54, 1.807) is 6.07 Å². The Labute approximate surface area is 166 Å². The summed E-state index contributed by atoms with van der Waals surface area (Å²) in [6.07, 6.45) is 6.26. The van der Waals surface area contributed by atoms with E-state index in [4.69, 9.17) is 5.26 Å². The lowest BCUT2D eigenvalue weighted by molar-refractivity contribution is 0.290. The number of nitriles is 1.